The molecule has 1 aromatic heterocycles. The van der Waals surface area contributed by atoms with E-state index in [9.17, 15) is 4.79 Å². The maximum absolute atomic E-state index is 12.3. The summed E-state index contributed by atoms with van der Waals surface area (Å²) < 4.78 is 10.9. The van der Waals surface area contributed by atoms with Crippen LogP contribution >= 0.6 is 0 Å². The quantitative estimate of drug-likeness (QED) is 0.831. The highest BCUT2D eigenvalue weighted by Crippen LogP contribution is 2.18. The number of rotatable bonds is 6. The van der Waals surface area contributed by atoms with Gasteiger partial charge in [0.05, 0.1) is 17.7 Å². The van der Waals surface area contributed by atoms with E-state index in [0.717, 1.165) is 47.8 Å². The highest BCUT2D eigenvalue weighted by atomic mass is 16.5. The number of hydrogen-bond donors (Lipinski definition) is 2. The molecule has 0 radical (unpaired) electrons. The highest BCUT2D eigenvalue weighted by molar-refractivity contribution is 5.79. The van der Waals surface area contributed by atoms with Crippen molar-refractivity contribution in [2.45, 2.75) is 46.3 Å². The lowest BCUT2D eigenvalue weighted by atomic mass is 9.94. The Morgan fingerprint density at radius 1 is 1.35 bits per heavy atom. The van der Waals surface area contributed by atoms with Crippen LogP contribution in [0.3, 0.4) is 0 Å². The summed E-state index contributed by atoms with van der Waals surface area (Å²) >= 11 is 0. The predicted molar refractivity (Wildman–Crippen MR) is 99.0 cm³/mol. The fourth-order valence-corrected chi connectivity index (χ4v) is 3.19. The van der Waals surface area contributed by atoms with Crippen LogP contribution in [0.4, 0.5) is 0 Å². The van der Waals surface area contributed by atoms with Crippen molar-refractivity contribution in [1.82, 2.24) is 15.8 Å². The van der Waals surface area contributed by atoms with Crippen molar-refractivity contribution in [1.29, 1.82) is 0 Å². The van der Waals surface area contributed by atoms with Gasteiger partial charge in [0.2, 0.25) is 5.91 Å². The summed E-state index contributed by atoms with van der Waals surface area (Å²) in [4.78, 5) is 12.3. The summed E-state index contributed by atoms with van der Waals surface area (Å²) in [5.41, 5.74) is 2.80. The van der Waals surface area contributed by atoms with Crippen molar-refractivity contribution in [3.63, 3.8) is 0 Å². The zero-order chi connectivity index (χ0) is 18.5. The number of ether oxygens (including phenoxy) is 1. The molecule has 2 atom stereocenters. The molecule has 3 rings (SSSR count). The zero-order valence-electron chi connectivity index (χ0n) is 15.7. The predicted octanol–water partition coefficient (Wildman–Crippen LogP) is 2.53. The van der Waals surface area contributed by atoms with Crippen molar-refractivity contribution in [3.05, 3.63) is 46.8 Å². The summed E-state index contributed by atoms with van der Waals surface area (Å²) in [7, 11) is 0. The Bertz CT molecular complexity index is 720. The van der Waals surface area contributed by atoms with Gasteiger partial charge in [-0.05, 0) is 50.4 Å². The number of nitrogens with zero attached hydrogens (tertiary/aromatic N) is 1. The standard InChI is InChI=1S/C20H27N3O3/c1-13-8-9-21-11-19(13)22-20(24)10-16-4-6-17(7-5-16)25-12-18-14(2)23-26-15(18)3/h4-7,13,19,21H,8-12H2,1-3H3,(H,22,24). The first-order valence-electron chi connectivity index (χ1n) is 9.16. The van der Waals surface area contributed by atoms with Gasteiger partial charge in [0.15, 0.2) is 0 Å². The Hall–Kier alpha value is -2.34. The minimum absolute atomic E-state index is 0.0648. The first-order valence-corrected chi connectivity index (χ1v) is 9.16. The van der Waals surface area contributed by atoms with E-state index >= 15 is 0 Å². The molecule has 0 bridgehead atoms. The first kappa shape index (κ1) is 18.5. The van der Waals surface area contributed by atoms with Gasteiger partial charge in [-0.15, -0.1) is 0 Å². The monoisotopic (exact) mass is 357 g/mol. The molecule has 140 valence electrons. The number of aromatic nitrogens is 1. The van der Waals surface area contributed by atoms with E-state index in [2.05, 4.69) is 22.7 Å². The van der Waals surface area contributed by atoms with Crippen molar-refractivity contribution in [2.75, 3.05) is 13.1 Å². The number of benzene rings is 1. The maximum atomic E-state index is 12.3. The van der Waals surface area contributed by atoms with E-state index in [-0.39, 0.29) is 11.9 Å². The van der Waals surface area contributed by atoms with Crippen molar-refractivity contribution in [3.8, 4) is 5.75 Å². The average Bonchev–Trinajstić information content (AvgIpc) is 2.94. The number of carbonyl (C=O) groups is 1. The van der Waals surface area contributed by atoms with E-state index in [0.29, 0.717) is 18.9 Å². The van der Waals surface area contributed by atoms with E-state index in [1.165, 1.54) is 0 Å². The summed E-state index contributed by atoms with van der Waals surface area (Å²) in [5, 5.41) is 10.4. The van der Waals surface area contributed by atoms with Gasteiger partial charge in [0.1, 0.15) is 18.1 Å². The number of amides is 1. The molecule has 2 N–H and O–H groups in total. The molecule has 2 aromatic rings. The molecule has 0 spiro atoms. The van der Waals surface area contributed by atoms with E-state index in [1.54, 1.807) is 0 Å². The minimum atomic E-state index is 0.0648. The Kier molecular flexibility index (Phi) is 5.93. The smallest absolute Gasteiger partial charge is 0.224 e. The van der Waals surface area contributed by atoms with Crippen molar-refractivity contribution >= 4 is 5.91 Å². The van der Waals surface area contributed by atoms with Gasteiger partial charge in [-0.1, -0.05) is 24.2 Å². The minimum Gasteiger partial charge on any atom is -0.489 e. The Labute approximate surface area is 154 Å². The molecule has 2 unspecified atom stereocenters. The van der Waals surface area contributed by atoms with Gasteiger partial charge in [-0.3, -0.25) is 4.79 Å². The highest BCUT2D eigenvalue weighted by Gasteiger charge is 2.22. The molecular weight excluding hydrogens is 330 g/mol. The third kappa shape index (κ3) is 4.64. The lowest BCUT2D eigenvalue weighted by Gasteiger charge is -2.30. The third-order valence-corrected chi connectivity index (χ3v) is 5.03. The molecule has 1 fully saturated rings. The molecule has 1 aliphatic rings. The molecule has 6 nitrogen and oxygen atoms in total. The van der Waals surface area contributed by atoms with Crippen LogP contribution in [-0.2, 0) is 17.8 Å². The second kappa shape index (κ2) is 8.36. The molecule has 1 aromatic carbocycles. The maximum Gasteiger partial charge on any atom is 0.224 e. The van der Waals surface area contributed by atoms with E-state index < -0.39 is 0 Å². The average molecular weight is 357 g/mol. The van der Waals surface area contributed by atoms with Gasteiger partial charge < -0.3 is 19.9 Å². The lowest BCUT2D eigenvalue weighted by Crippen LogP contribution is -2.50. The van der Waals surface area contributed by atoms with Gasteiger partial charge in [0, 0.05) is 12.6 Å². The topological polar surface area (TPSA) is 76.4 Å². The Balaban J connectivity index is 1.50. The summed E-state index contributed by atoms with van der Waals surface area (Å²) in [5.74, 6) is 2.12. The van der Waals surface area contributed by atoms with Crippen LogP contribution in [0, 0.1) is 19.8 Å². The van der Waals surface area contributed by atoms with Crippen LogP contribution in [0.15, 0.2) is 28.8 Å². The van der Waals surface area contributed by atoms with Gasteiger partial charge >= 0.3 is 0 Å². The van der Waals surface area contributed by atoms with Gasteiger partial charge in [0.25, 0.3) is 0 Å². The number of hydrogen-bond acceptors (Lipinski definition) is 5. The van der Waals surface area contributed by atoms with Crippen molar-refractivity contribution < 1.29 is 14.1 Å². The molecule has 1 saturated heterocycles. The van der Waals surface area contributed by atoms with Crippen LogP contribution in [0.25, 0.3) is 0 Å². The largest absolute Gasteiger partial charge is 0.489 e. The second-order valence-corrected chi connectivity index (χ2v) is 7.06. The van der Waals surface area contributed by atoms with Crippen molar-refractivity contribution in [2.24, 2.45) is 5.92 Å². The molecule has 1 amide bonds. The Morgan fingerprint density at radius 2 is 2.12 bits per heavy atom. The molecule has 0 aliphatic carbocycles. The SMILES string of the molecule is Cc1noc(C)c1COc1ccc(CC(=O)NC2CNCCC2C)cc1. The van der Waals surface area contributed by atoms with Gasteiger partial charge in [-0.2, -0.15) is 0 Å². The lowest BCUT2D eigenvalue weighted by molar-refractivity contribution is -0.121. The molecular formula is C20H27N3O3. The van der Waals surface area contributed by atoms with Crippen LogP contribution < -0.4 is 15.4 Å². The van der Waals surface area contributed by atoms with E-state index in [1.807, 2.05) is 38.1 Å². The molecule has 2 heterocycles. The number of nitrogens with one attached hydrogen (secondary N) is 2. The second-order valence-electron chi connectivity index (χ2n) is 7.06. The van der Waals surface area contributed by atoms with Crippen LogP contribution in [0.1, 0.15) is 35.9 Å². The van der Waals surface area contributed by atoms with Crippen LogP contribution in [0.2, 0.25) is 0 Å². The summed E-state index contributed by atoms with van der Waals surface area (Å²) in [6.07, 6.45) is 1.48. The normalized spacial score (nSPS) is 20.0. The molecule has 1 aliphatic heterocycles. The number of aryl methyl sites for hydroxylation is 2. The van der Waals surface area contributed by atoms with Crippen LogP contribution in [0.5, 0.6) is 5.75 Å². The summed E-state index contributed by atoms with van der Waals surface area (Å²) in [6, 6.07) is 7.88. The zero-order valence-corrected chi connectivity index (χ0v) is 15.7. The number of piperidine rings is 1. The first-order chi connectivity index (χ1) is 12.5. The number of carbonyl (C=O) groups excluding carboxylic acids is 1. The molecule has 26 heavy (non-hydrogen) atoms. The van der Waals surface area contributed by atoms with E-state index in [4.69, 9.17) is 9.26 Å². The molecule has 0 saturated carbocycles. The fourth-order valence-electron chi connectivity index (χ4n) is 3.19. The van der Waals surface area contributed by atoms with Crippen LogP contribution in [-0.4, -0.2) is 30.2 Å². The molecule has 6 heteroatoms. The fraction of sp³-hybridized carbons (Fsp3) is 0.500. The summed E-state index contributed by atoms with van der Waals surface area (Å²) in [6.45, 7) is 8.28. The Morgan fingerprint density at radius 3 is 2.77 bits per heavy atom. The van der Waals surface area contributed by atoms with Gasteiger partial charge in [-0.25, -0.2) is 0 Å². The third-order valence-electron chi connectivity index (χ3n) is 5.03.